The molecule has 10 rings (SSSR count). The van der Waals surface area contributed by atoms with Gasteiger partial charge in [0.2, 0.25) is 11.9 Å². The summed E-state index contributed by atoms with van der Waals surface area (Å²) in [5.74, 6) is 0.682. The normalized spacial score (nSPS) is 19.6. The van der Waals surface area contributed by atoms with Gasteiger partial charge >= 0.3 is 6.09 Å². The molecule has 2 saturated carbocycles. The molecule has 0 unspecified atom stereocenters. The van der Waals surface area contributed by atoms with Crippen LogP contribution in [-0.2, 0) is 4.74 Å². The number of anilines is 4. The molecule has 4 heterocycles. The van der Waals surface area contributed by atoms with Crippen LogP contribution in [0.4, 0.5) is 28.1 Å². The van der Waals surface area contributed by atoms with Crippen LogP contribution in [0.5, 0.6) is 0 Å². The minimum Gasteiger partial charge on any atom is -0.444 e. The van der Waals surface area contributed by atoms with E-state index in [1.54, 1.807) is 81.7 Å². The van der Waals surface area contributed by atoms with Gasteiger partial charge in [0.1, 0.15) is 28.4 Å². The molecule has 0 radical (unpaired) electrons. The number of hydrogen-bond acceptors (Lipinski definition) is 13. The van der Waals surface area contributed by atoms with E-state index in [4.69, 9.17) is 38.7 Å². The lowest BCUT2D eigenvalue weighted by atomic mass is 9.80. The van der Waals surface area contributed by atoms with Gasteiger partial charge in [0, 0.05) is 56.4 Å². The van der Waals surface area contributed by atoms with Crippen molar-refractivity contribution < 1.29 is 19.1 Å². The maximum absolute atomic E-state index is 13.1. The number of aromatic amines is 2. The van der Waals surface area contributed by atoms with Crippen LogP contribution in [0.2, 0.25) is 10.0 Å². The van der Waals surface area contributed by atoms with E-state index in [0.717, 1.165) is 66.8 Å². The number of carbonyl (C=O) groups is 3. The maximum Gasteiger partial charge on any atom is 0.412 e. The van der Waals surface area contributed by atoms with E-state index in [0.29, 0.717) is 73.6 Å². The molecule has 4 atom stereocenters. The molecule has 18 nitrogen and oxygen atoms in total. The molecule has 4 aromatic carbocycles. The largest absolute Gasteiger partial charge is 0.444 e. The molecule has 2 fully saturated rings. The Morgan fingerprint density at radius 2 is 1.08 bits per heavy atom. The molecule has 0 spiro atoms. The number of halogens is 2. The number of hydrogen-bond donors (Lipinski definition) is 8. The molecule has 0 aliphatic heterocycles. The van der Waals surface area contributed by atoms with Gasteiger partial charge in [-0.2, -0.15) is 10.2 Å². The van der Waals surface area contributed by atoms with Crippen molar-refractivity contribution in [3.05, 3.63) is 131 Å². The van der Waals surface area contributed by atoms with Gasteiger partial charge in [0.15, 0.2) is 0 Å². The fraction of sp³-hybridized carbons (Fsp3) is 0.327. The number of benzene rings is 4. The second-order valence-electron chi connectivity index (χ2n) is 20.7. The predicted molar refractivity (Wildman–Crippen MR) is 295 cm³/mol. The van der Waals surface area contributed by atoms with Gasteiger partial charge in [-0.15, -0.1) is 0 Å². The quantitative estimate of drug-likeness (QED) is 0.0562. The van der Waals surface area contributed by atoms with Gasteiger partial charge in [-0.05, 0) is 147 Å². The second-order valence-corrected chi connectivity index (χ2v) is 21.6. The Hall–Kier alpha value is -7.83. The van der Waals surface area contributed by atoms with Gasteiger partial charge < -0.3 is 31.7 Å². The fourth-order valence-corrected chi connectivity index (χ4v) is 10.1. The summed E-state index contributed by atoms with van der Waals surface area (Å²) in [4.78, 5) is 56.1. The number of nitrogen functional groups attached to an aromatic ring is 1. The molecule has 9 N–H and O–H groups in total. The molecule has 8 aromatic rings. The molecule has 0 bridgehead atoms. The first-order valence-corrected chi connectivity index (χ1v) is 25.7. The Morgan fingerprint density at radius 3 is 1.53 bits per heavy atom. The lowest BCUT2D eigenvalue weighted by Gasteiger charge is -2.39. The predicted octanol–water partition coefficient (Wildman–Crippen LogP) is 11.4. The summed E-state index contributed by atoms with van der Waals surface area (Å²) in [6.45, 7) is 9.54. The Bertz CT molecular complexity index is 3340. The summed E-state index contributed by atoms with van der Waals surface area (Å²) in [5.41, 5.74) is 11.0. The fourth-order valence-electron chi connectivity index (χ4n) is 9.76. The Labute approximate surface area is 444 Å². The third kappa shape index (κ3) is 12.9. The molecular formula is C55H60Cl2N14O4. The van der Waals surface area contributed by atoms with Crippen molar-refractivity contribution in [2.24, 2.45) is 0 Å². The molecule has 388 valence electrons. The Morgan fingerprint density at radius 1 is 0.640 bits per heavy atom. The summed E-state index contributed by atoms with van der Waals surface area (Å²) >= 11 is 12.9. The van der Waals surface area contributed by atoms with Crippen LogP contribution in [0.25, 0.3) is 44.6 Å². The number of H-pyrrole nitrogens is 2. The van der Waals surface area contributed by atoms with E-state index in [2.05, 4.69) is 75.8 Å². The van der Waals surface area contributed by atoms with E-state index >= 15 is 0 Å². The minimum absolute atomic E-state index is 0.0550. The highest BCUT2D eigenvalue weighted by atomic mass is 35.5. The van der Waals surface area contributed by atoms with E-state index in [1.165, 1.54) is 0 Å². The molecule has 2 aliphatic rings. The first-order valence-electron chi connectivity index (χ1n) is 24.9. The number of ether oxygens (including phenoxy) is 1. The molecule has 20 heteroatoms. The van der Waals surface area contributed by atoms with Gasteiger partial charge in [0.25, 0.3) is 11.8 Å². The van der Waals surface area contributed by atoms with Gasteiger partial charge in [0.05, 0.1) is 33.5 Å². The third-order valence-corrected chi connectivity index (χ3v) is 13.8. The van der Waals surface area contributed by atoms with Crippen molar-refractivity contribution in [3.8, 4) is 22.8 Å². The molecule has 3 amide bonds. The van der Waals surface area contributed by atoms with Crippen LogP contribution in [0.3, 0.4) is 0 Å². The SMILES string of the molecule is CC(C)(C)OC(=O)Nc1ccc(C(=O)N[C@@]2(C)CCC[C@@H](Nc3ncc(Cl)c(-c4n[nH]c5ccccc45)n3)C2)cc1.C[C@]1(NC(=O)c2ccc(N)cc2)CCC[C@@H](Nc2ncc(Cl)c(-c3n[nH]c4ccccc34)n2)C1. The number of nitrogens with zero attached hydrogens (tertiary/aromatic N) is 6. The molecule has 2 aliphatic carbocycles. The number of fused-ring (bicyclic) bond motifs is 2. The first kappa shape index (κ1) is 52.0. The van der Waals surface area contributed by atoms with Crippen molar-refractivity contribution in [3.63, 3.8) is 0 Å². The highest BCUT2D eigenvalue weighted by molar-refractivity contribution is 6.33. The number of amides is 3. The van der Waals surface area contributed by atoms with Gasteiger partial charge in [-0.3, -0.25) is 25.1 Å². The first-order chi connectivity index (χ1) is 35.9. The average molecular weight is 1050 g/mol. The summed E-state index contributed by atoms with van der Waals surface area (Å²) in [6.07, 6.45) is 9.61. The molecule has 4 aromatic heterocycles. The van der Waals surface area contributed by atoms with Crippen LogP contribution in [0, 0.1) is 0 Å². The number of rotatable bonds is 11. The number of para-hydroxylation sites is 2. The second kappa shape index (κ2) is 21.9. The van der Waals surface area contributed by atoms with Crippen LogP contribution < -0.4 is 32.3 Å². The van der Waals surface area contributed by atoms with E-state index < -0.39 is 17.2 Å². The maximum atomic E-state index is 13.1. The minimum atomic E-state index is -0.595. The van der Waals surface area contributed by atoms with E-state index in [9.17, 15) is 14.4 Å². The monoisotopic (exact) mass is 1050 g/mol. The zero-order valence-corrected chi connectivity index (χ0v) is 43.9. The number of nitrogens with two attached hydrogens (primary N) is 1. The average Bonchev–Trinajstić information content (AvgIpc) is 4.00. The van der Waals surface area contributed by atoms with E-state index in [1.807, 2.05) is 48.5 Å². The molecule has 75 heavy (non-hydrogen) atoms. The Kier molecular flexibility index (Phi) is 15.2. The lowest BCUT2D eigenvalue weighted by molar-refractivity contribution is 0.0635. The van der Waals surface area contributed by atoms with Crippen LogP contribution in [0.1, 0.15) is 107 Å². The molecular weight excluding hydrogens is 992 g/mol. The summed E-state index contributed by atoms with van der Waals surface area (Å²) in [7, 11) is 0. The van der Waals surface area contributed by atoms with E-state index in [-0.39, 0.29) is 29.4 Å². The zero-order valence-electron chi connectivity index (χ0n) is 42.4. The van der Waals surface area contributed by atoms with Crippen molar-refractivity contribution in [1.29, 1.82) is 0 Å². The van der Waals surface area contributed by atoms with Gasteiger partial charge in [-0.25, -0.2) is 24.7 Å². The summed E-state index contributed by atoms with van der Waals surface area (Å²) < 4.78 is 5.28. The highest BCUT2D eigenvalue weighted by Crippen LogP contribution is 2.35. The van der Waals surface area contributed by atoms with Crippen LogP contribution in [-0.4, -0.2) is 87.0 Å². The van der Waals surface area contributed by atoms with Gasteiger partial charge in [-0.1, -0.05) is 59.6 Å². The lowest BCUT2D eigenvalue weighted by Crippen LogP contribution is -2.51. The zero-order chi connectivity index (χ0) is 52.9. The van der Waals surface area contributed by atoms with Crippen molar-refractivity contribution in [2.45, 2.75) is 115 Å². The number of aromatic nitrogens is 8. The third-order valence-electron chi connectivity index (χ3n) is 13.3. The molecule has 0 saturated heterocycles. The number of nitrogens with one attached hydrogen (secondary N) is 7. The number of carbonyl (C=O) groups excluding carboxylic acids is 3. The van der Waals surface area contributed by atoms with Crippen molar-refractivity contribution in [1.82, 2.24) is 51.0 Å². The smallest absolute Gasteiger partial charge is 0.412 e. The Balaban J connectivity index is 0.000000187. The van der Waals surface area contributed by atoms with Crippen LogP contribution in [0.15, 0.2) is 109 Å². The standard InChI is InChI=1S/C30H34ClN7O3.C25H26ClN7O/c1-29(2,3)41-28(40)34-19-13-11-18(12-14-19)26(39)36-30(4)15-7-8-20(16-30)33-27-32-17-22(31)25(35-27)24-21-9-5-6-10-23(21)37-38-24;1-25(31-23(34)15-8-10-16(27)11-9-15)12-4-5-17(13-25)29-24-28-14-19(26)22(30-24)21-18-6-2-3-7-20(18)32-33-21/h5-6,9-14,17,20H,7-8,15-16H2,1-4H3,(H,34,40)(H,36,39)(H,37,38)(H,32,33,35);2-3,6-11,14,17H,4-5,12-13,27H2,1H3,(H,31,34)(H,32,33)(H,28,29,30)/t20-,30+;17-,25+/m11/s1. The summed E-state index contributed by atoms with van der Waals surface area (Å²) in [6, 6.07) is 29.5. The topological polar surface area (TPSA) is 256 Å². The van der Waals surface area contributed by atoms with Crippen molar-refractivity contribution in [2.75, 3.05) is 21.7 Å². The summed E-state index contributed by atoms with van der Waals surface area (Å²) in [5, 5.41) is 33.6. The van der Waals surface area contributed by atoms with Crippen LogP contribution >= 0.6 is 23.2 Å². The highest BCUT2D eigenvalue weighted by Gasteiger charge is 2.36. The van der Waals surface area contributed by atoms with Crippen molar-refractivity contribution >= 4 is 86.2 Å².